The highest BCUT2D eigenvalue weighted by Gasteiger charge is 2.31. The van der Waals surface area contributed by atoms with Gasteiger partial charge in [0.15, 0.2) is 0 Å². The Morgan fingerprint density at radius 1 is 1.12 bits per heavy atom. The molecule has 0 heterocycles. The predicted octanol–water partition coefficient (Wildman–Crippen LogP) is 3.23. The molecular formula is C20H22ClN3O2. The van der Waals surface area contributed by atoms with Crippen LogP contribution >= 0.6 is 11.6 Å². The Hall–Kier alpha value is -2.37. The summed E-state index contributed by atoms with van der Waals surface area (Å²) in [5.41, 5.74) is 1.42. The predicted molar refractivity (Wildman–Crippen MR) is 103 cm³/mol. The number of amides is 2. The van der Waals surface area contributed by atoms with Crippen LogP contribution in [0.5, 0.6) is 0 Å². The van der Waals surface area contributed by atoms with Crippen LogP contribution in [-0.4, -0.2) is 36.3 Å². The minimum atomic E-state index is -0.520. The smallest absolute Gasteiger partial charge is 0.242 e. The summed E-state index contributed by atoms with van der Waals surface area (Å²) in [5.74, 6) is -0.299. The molecule has 0 unspecified atom stereocenters. The van der Waals surface area contributed by atoms with E-state index in [1.54, 1.807) is 36.2 Å². The SMILES string of the molecule is CN(CC(=O)Nc1ccccc1Cl)[C@@H](C(=O)NC1CC1)c1ccccc1. The second-order valence-electron chi connectivity index (χ2n) is 6.54. The van der Waals surface area contributed by atoms with Gasteiger partial charge in [-0.1, -0.05) is 54.1 Å². The first-order chi connectivity index (χ1) is 12.5. The van der Waals surface area contributed by atoms with Gasteiger partial charge in [-0.05, 0) is 37.6 Å². The molecule has 2 aromatic rings. The van der Waals surface area contributed by atoms with Crippen molar-refractivity contribution >= 4 is 29.1 Å². The van der Waals surface area contributed by atoms with Gasteiger partial charge < -0.3 is 10.6 Å². The zero-order valence-electron chi connectivity index (χ0n) is 14.6. The number of hydrogen-bond donors (Lipinski definition) is 2. The number of anilines is 1. The van der Waals surface area contributed by atoms with E-state index < -0.39 is 6.04 Å². The number of nitrogens with one attached hydrogen (secondary N) is 2. The van der Waals surface area contributed by atoms with E-state index in [0.29, 0.717) is 10.7 Å². The van der Waals surface area contributed by atoms with Crippen LogP contribution in [0.4, 0.5) is 5.69 Å². The van der Waals surface area contributed by atoms with E-state index in [9.17, 15) is 9.59 Å². The van der Waals surface area contributed by atoms with Crippen molar-refractivity contribution in [3.8, 4) is 0 Å². The molecule has 2 N–H and O–H groups in total. The van der Waals surface area contributed by atoms with Crippen molar-refractivity contribution in [3.63, 3.8) is 0 Å². The van der Waals surface area contributed by atoms with Crippen molar-refractivity contribution in [3.05, 3.63) is 65.2 Å². The second-order valence-corrected chi connectivity index (χ2v) is 6.95. The van der Waals surface area contributed by atoms with Crippen LogP contribution in [0.3, 0.4) is 0 Å². The van der Waals surface area contributed by atoms with Crippen molar-refractivity contribution in [2.45, 2.75) is 24.9 Å². The van der Waals surface area contributed by atoms with Gasteiger partial charge in [0.1, 0.15) is 6.04 Å². The van der Waals surface area contributed by atoms with Gasteiger partial charge in [-0.15, -0.1) is 0 Å². The van der Waals surface area contributed by atoms with Gasteiger partial charge >= 0.3 is 0 Å². The number of carbonyl (C=O) groups is 2. The molecule has 1 saturated carbocycles. The van der Waals surface area contributed by atoms with E-state index in [-0.39, 0.29) is 24.4 Å². The van der Waals surface area contributed by atoms with Crippen molar-refractivity contribution in [1.29, 1.82) is 0 Å². The summed E-state index contributed by atoms with van der Waals surface area (Å²) >= 11 is 6.09. The van der Waals surface area contributed by atoms with Crippen LogP contribution < -0.4 is 10.6 Å². The number of benzene rings is 2. The zero-order chi connectivity index (χ0) is 18.5. The van der Waals surface area contributed by atoms with Crippen LogP contribution in [0, 0.1) is 0 Å². The lowest BCUT2D eigenvalue weighted by Crippen LogP contribution is -2.42. The highest BCUT2D eigenvalue weighted by atomic mass is 35.5. The third-order valence-corrected chi connectivity index (χ3v) is 4.60. The van der Waals surface area contributed by atoms with Gasteiger partial charge in [-0.2, -0.15) is 0 Å². The summed E-state index contributed by atoms with van der Waals surface area (Å²) < 4.78 is 0. The van der Waals surface area contributed by atoms with Gasteiger partial charge in [-0.3, -0.25) is 14.5 Å². The lowest BCUT2D eigenvalue weighted by atomic mass is 10.0. The highest BCUT2D eigenvalue weighted by molar-refractivity contribution is 6.33. The van der Waals surface area contributed by atoms with Gasteiger partial charge in [0, 0.05) is 6.04 Å². The fourth-order valence-corrected chi connectivity index (χ4v) is 3.00. The molecule has 0 spiro atoms. The topological polar surface area (TPSA) is 61.4 Å². The number of nitrogens with zero attached hydrogens (tertiary/aromatic N) is 1. The first-order valence-electron chi connectivity index (χ1n) is 8.64. The van der Waals surface area contributed by atoms with E-state index in [4.69, 9.17) is 11.6 Å². The van der Waals surface area contributed by atoms with Crippen LogP contribution in [0.25, 0.3) is 0 Å². The average molecular weight is 372 g/mol. The van der Waals surface area contributed by atoms with Crippen LogP contribution in [0.15, 0.2) is 54.6 Å². The molecule has 0 aromatic heterocycles. The van der Waals surface area contributed by atoms with E-state index in [0.717, 1.165) is 18.4 Å². The van der Waals surface area contributed by atoms with E-state index in [1.807, 2.05) is 30.3 Å². The third kappa shape index (κ3) is 4.84. The zero-order valence-corrected chi connectivity index (χ0v) is 15.4. The summed E-state index contributed by atoms with van der Waals surface area (Å²) in [6.07, 6.45) is 2.04. The average Bonchev–Trinajstić information content (AvgIpc) is 3.42. The Kier molecular flexibility index (Phi) is 5.91. The number of carbonyl (C=O) groups excluding carboxylic acids is 2. The summed E-state index contributed by atoms with van der Waals surface area (Å²) in [6.45, 7) is 0.0723. The molecule has 5 nitrogen and oxygen atoms in total. The van der Waals surface area contributed by atoms with Gasteiger partial charge in [0.25, 0.3) is 0 Å². The molecule has 1 atom stereocenters. The Morgan fingerprint density at radius 3 is 2.42 bits per heavy atom. The molecule has 0 aliphatic heterocycles. The maximum Gasteiger partial charge on any atom is 0.242 e. The van der Waals surface area contributed by atoms with Crippen molar-refractivity contribution in [1.82, 2.24) is 10.2 Å². The van der Waals surface area contributed by atoms with Crippen molar-refractivity contribution in [2.24, 2.45) is 0 Å². The first kappa shape index (κ1) is 18.4. The molecule has 2 aromatic carbocycles. The van der Waals surface area contributed by atoms with Gasteiger partial charge in [-0.25, -0.2) is 0 Å². The number of para-hydroxylation sites is 1. The molecule has 26 heavy (non-hydrogen) atoms. The molecule has 1 aliphatic carbocycles. The molecule has 2 amide bonds. The quantitative estimate of drug-likeness (QED) is 0.785. The lowest BCUT2D eigenvalue weighted by molar-refractivity contribution is -0.127. The Labute approximate surface area is 158 Å². The molecule has 6 heteroatoms. The highest BCUT2D eigenvalue weighted by Crippen LogP contribution is 2.25. The number of hydrogen-bond acceptors (Lipinski definition) is 3. The monoisotopic (exact) mass is 371 g/mol. The van der Waals surface area contributed by atoms with Crippen molar-refractivity contribution in [2.75, 3.05) is 18.9 Å². The summed E-state index contributed by atoms with van der Waals surface area (Å²) in [7, 11) is 1.77. The Morgan fingerprint density at radius 2 is 1.77 bits per heavy atom. The van der Waals surface area contributed by atoms with E-state index in [1.165, 1.54) is 0 Å². The van der Waals surface area contributed by atoms with Crippen LogP contribution in [0.1, 0.15) is 24.4 Å². The van der Waals surface area contributed by atoms with Crippen LogP contribution in [0.2, 0.25) is 5.02 Å². The minimum Gasteiger partial charge on any atom is -0.352 e. The largest absolute Gasteiger partial charge is 0.352 e. The lowest BCUT2D eigenvalue weighted by Gasteiger charge is -2.27. The maximum atomic E-state index is 12.7. The Bertz CT molecular complexity index is 778. The summed E-state index contributed by atoms with van der Waals surface area (Å²) in [4.78, 5) is 26.9. The molecule has 136 valence electrons. The normalized spacial score (nSPS) is 14.7. The molecular weight excluding hydrogens is 350 g/mol. The van der Waals surface area contributed by atoms with Crippen LogP contribution in [-0.2, 0) is 9.59 Å². The summed E-state index contributed by atoms with van der Waals surface area (Å²) in [5, 5.41) is 6.31. The molecule has 1 aliphatic rings. The fraction of sp³-hybridized carbons (Fsp3) is 0.300. The fourth-order valence-electron chi connectivity index (χ4n) is 2.82. The van der Waals surface area contributed by atoms with Gasteiger partial charge in [0.2, 0.25) is 11.8 Å². The molecule has 0 radical (unpaired) electrons. The molecule has 3 rings (SSSR count). The Balaban J connectivity index is 1.70. The number of halogens is 1. The number of likely N-dealkylation sites (N-methyl/N-ethyl adjacent to an activating group) is 1. The molecule has 1 fully saturated rings. The van der Waals surface area contributed by atoms with E-state index in [2.05, 4.69) is 10.6 Å². The summed E-state index contributed by atoms with van der Waals surface area (Å²) in [6, 6.07) is 16.3. The van der Waals surface area contributed by atoms with E-state index >= 15 is 0 Å². The minimum absolute atomic E-state index is 0.0723. The molecule has 0 saturated heterocycles. The first-order valence-corrected chi connectivity index (χ1v) is 9.02. The molecule has 0 bridgehead atoms. The third-order valence-electron chi connectivity index (χ3n) is 4.27. The maximum absolute atomic E-state index is 12.7. The number of rotatable bonds is 7. The van der Waals surface area contributed by atoms with Crippen molar-refractivity contribution < 1.29 is 9.59 Å². The van der Waals surface area contributed by atoms with Gasteiger partial charge in [0.05, 0.1) is 17.3 Å². The standard InChI is InChI=1S/C20H22ClN3O2/c1-24(13-18(25)23-17-10-6-5-9-16(17)21)19(14-7-3-2-4-8-14)20(26)22-15-11-12-15/h2-10,15,19H,11-13H2,1H3,(H,22,26)(H,23,25)/t19-/m1/s1. The second kappa shape index (κ2) is 8.34.